The Labute approximate surface area is 119 Å². The van der Waals surface area contributed by atoms with Crippen LogP contribution in [0.25, 0.3) is 0 Å². The minimum Gasteiger partial charge on any atom is -0.360 e. The molecule has 1 atom stereocenters. The van der Waals surface area contributed by atoms with E-state index in [4.69, 9.17) is 0 Å². The van der Waals surface area contributed by atoms with Crippen molar-refractivity contribution in [1.29, 1.82) is 0 Å². The fourth-order valence-electron chi connectivity index (χ4n) is 2.98. The molecule has 0 saturated carbocycles. The van der Waals surface area contributed by atoms with Crippen molar-refractivity contribution in [2.75, 3.05) is 25.0 Å². The normalized spacial score (nSPS) is 29.2. The van der Waals surface area contributed by atoms with Crippen LogP contribution in [-0.4, -0.2) is 40.5 Å². The second-order valence-corrected chi connectivity index (χ2v) is 6.08. The highest BCUT2D eigenvalue weighted by Crippen LogP contribution is 2.32. The molecular formula is C12H15BrN4O2. The molecule has 3 aliphatic heterocycles. The quantitative estimate of drug-likeness (QED) is 0.681. The van der Waals surface area contributed by atoms with Gasteiger partial charge in [-0.05, 0) is 47.8 Å². The maximum Gasteiger partial charge on any atom is 0.312 e. The first kappa shape index (κ1) is 12.8. The van der Waals surface area contributed by atoms with E-state index >= 15 is 0 Å². The summed E-state index contributed by atoms with van der Waals surface area (Å²) in [6, 6.07) is 1.77. The number of rotatable bonds is 3. The number of nitrogens with zero attached hydrogens (tertiary/aromatic N) is 3. The highest BCUT2D eigenvalue weighted by atomic mass is 79.9. The molecule has 7 heteroatoms. The molecule has 1 N–H and O–H groups in total. The molecule has 2 bridgehead atoms. The van der Waals surface area contributed by atoms with E-state index in [0.29, 0.717) is 16.2 Å². The number of aromatic nitrogens is 1. The number of piperidine rings is 3. The van der Waals surface area contributed by atoms with Gasteiger partial charge in [0.2, 0.25) is 5.82 Å². The molecule has 0 amide bonds. The summed E-state index contributed by atoms with van der Waals surface area (Å²) in [5, 5.41) is 14.3. The van der Waals surface area contributed by atoms with Gasteiger partial charge in [0.05, 0.1) is 4.92 Å². The smallest absolute Gasteiger partial charge is 0.312 e. The number of pyridine rings is 1. The van der Waals surface area contributed by atoms with Gasteiger partial charge in [0.25, 0.3) is 0 Å². The summed E-state index contributed by atoms with van der Waals surface area (Å²) in [6.07, 6.45) is 3.93. The molecule has 6 nitrogen and oxygen atoms in total. The largest absolute Gasteiger partial charge is 0.360 e. The molecule has 102 valence electrons. The number of hydrogen-bond donors (Lipinski definition) is 1. The SMILES string of the molecule is O=[N+]([O-])c1cc(Br)cnc1NC1CN2CCC1CC2. The highest BCUT2D eigenvalue weighted by molar-refractivity contribution is 9.10. The van der Waals surface area contributed by atoms with Crippen molar-refractivity contribution >= 4 is 27.4 Å². The van der Waals surface area contributed by atoms with Gasteiger partial charge in [-0.3, -0.25) is 10.1 Å². The fourth-order valence-corrected chi connectivity index (χ4v) is 3.30. The van der Waals surface area contributed by atoms with Gasteiger partial charge in [0, 0.05) is 29.3 Å². The summed E-state index contributed by atoms with van der Waals surface area (Å²) in [4.78, 5) is 17.2. The van der Waals surface area contributed by atoms with Gasteiger partial charge in [0.15, 0.2) is 0 Å². The molecule has 3 fully saturated rings. The number of nitrogens with one attached hydrogen (secondary N) is 1. The topological polar surface area (TPSA) is 71.3 Å². The van der Waals surface area contributed by atoms with E-state index in [0.717, 1.165) is 19.6 Å². The zero-order valence-corrected chi connectivity index (χ0v) is 12.0. The zero-order chi connectivity index (χ0) is 13.4. The van der Waals surface area contributed by atoms with Gasteiger partial charge in [-0.1, -0.05) is 0 Å². The lowest BCUT2D eigenvalue weighted by Gasteiger charge is -2.45. The third-order valence-electron chi connectivity index (χ3n) is 4.01. The molecular weight excluding hydrogens is 312 g/mol. The van der Waals surface area contributed by atoms with Gasteiger partial charge in [-0.15, -0.1) is 0 Å². The Morgan fingerprint density at radius 2 is 2.21 bits per heavy atom. The molecule has 3 saturated heterocycles. The molecule has 1 aromatic heterocycles. The van der Waals surface area contributed by atoms with Gasteiger partial charge in [-0.25, -0.2) is 4.98 Å². The first-order valence-electron chi connectivity index (χ1n) is 6.42. The van der Waals surface area contributed by atoms with Gasteiger partial charge in [0.1, 0.15) is 0 Å². The van der Waals surface area contributed by atoms with E-state index in [2.05, 4.69) is 31.1 Å². The Hall–Kier alpha value is -1.21. The van der Waals surface area contributed by atoms with Crippen LogP contribution >= 0.6 is 15.9 Å². The van der Waals surface area contributed by atoms with Crippen LogP contribution in [-0.2, 0) is 0 Å². The van der Waals surface area contributed by atoms with Crippen LogP contribution < -0.4 is 5.32 Å². The number of nitro groups is 1. The van der Waals surface area contributed by atoms with Crippen molar-refractivity contribution in [3.8, 4) is 0 Å². The van der Waals surface area contributed by atoms with Crippen molar-refractivity contribution in [3.05, 3.63) is 26.9 Å². The van der Waals surface area contributed by atoms with Crippen molar-refractivity contribution in [3.63, 3.8) is 0 Å². The van der Waals surface area contributed by atoms with Crippen LogP contribution in [0.2, 0.25) is 0 Å². The fraction of sp³-hybridized carbons (Fsp3) is 0.583. The van der Waals surface area contributed by atoms with Crippen LogP contribution in [0.4, 0.5) is 11.5 Å². The van der Waals surface area contributed by atoms with E-state index in [1.165, 1.54) is 18.9 Å². The second-order valence-electron chi connectivity index (χ2n) is 5.17. The Morgan fingerprint density at radius 3 is 2.79 bits per heavy atom. The van der Waals surface area contributed by atoms with Crippen molar-refractivity contribution in [2.45, 2.75) is 18.9 Å². The first-order chi connectivity index (χ1) is 9.13. The van der Waals surface area contributed by atoms with E-state index in [-0.39, 0.29) is 16.7 Å². The maximum atomic E-state index is 11.1. The summed E-state index contributed by atoms with van der Waals surface area (Å²) < 4.78 is 0.624. The average molecular weight is 327 g/mol. The van der Waals surface area contributed by atoms with Crippen LogP contribution in [0.15, 0.2) is 16.7 Å². The second kappa shape index (κ2) is 5.05. The molecule has 0 radical (unpaired) electrons. The monoisotopic (exact) mass is 326 g/mol. The van der Waals surface area contributed by atoms with Crippen LogP contribution in [0.1, 0.15) is 12.8 Å². The van der Waals surface area contributed by atoms with Crippen LogP contribution in [0.3, 0.4) is 0 Å². The molecule has 0 spiro atoms. The van der Waals surface area contributed by atoms with E-state index in [1.807, 2.05) is 0 Å². The van der Waals surface area contributed by atoms with Crippen LogP contribution in [0.5, 0.6) is 0 Å². The third kappa shape index (κ3) is 2.57. The Kier molecular flexibility index (Phi) is 3.40. The number of fused-ring (bicyclic) bond motifs is 3. The third-order valence-corrected chi connectivity index (χ3v) is 4.44. The maximum absolute atomic E-state index is 11.1. The number of anilines is 1. The predicted molar refractivity (Wildman–Crippen MR) is 75.2 cm³/mol. The van der Waals surface area contributed by atoms with Crippen molar-refractivity contribution in [1.82, 2.24) is 9.88 Å². The Balaban J connectivity index is 1.81. The first-order valence-corrected chi connectivity index (χ1v) is 7.21. The van der Waals surface area contributed by atoms with Crippen molar-refractivity contribution < 1.29 is 4.92 Å². The number of halogens is 1. The molecule has 1 aromatic rings. The predicted octanol–water partition coefficient (Wildman–Crippen LogP) is 2.26. The summed E-state index contributed by atoms with van der Waals surface area (Å²) in [7, 11) is 0. The minimum atomic E-state index is -0.387. The molecule has 1 unspecified atom stereocenters. The lowest BCUT2D eigenvalue weighted by Crippen LogP contribution is -2.53. The zero-order valence-electron chi connectivity index (χ0n) is 10.4. The summed E-state index contributed by atoms with van der Waals surface area (Å²) in [5.41, 5.74) is 0.0332. The van der Waals surface area contributed by atoms with E-state index in [9.17, 15) is 10.1 Å². The van der Waals surface area contributed by atoms with E-state index < -0.39 is 0 Å². The van der Waals surface area contributed by atoms with Gasteiger partial charge in [-0.2, -0.15) is 0 Å². The number of hydrogen-bond acceptors (Lipinski definition) is 5. The summed E-state index contributed by atoms with van der Waals surface area (Å²) in [6.45, 7) is 3.26. The average Bonchev–Trinajstić information content (AvgIpc) is 2.42. The molecule has 3 aliphatic rings. The summed E-state index contributed by atoms with van der Waals surface area (Å²) in [5.74, 6) is 0.988. The van der Waals surface area contributed by atoms with Crippen LogP contribution in [0, 0.1) is 16.0 Å². The molecule has 0 aliphatic carbocycles. The molecule has 19 heavy (non-hydrogen) atoms. The highest BCUT2D eigenvalue weighted by Gasteiger charge is 2.35. The Morgan fingerprint density at radius 1 is 1.47 bits per heavy atom. The van der Waals surface area contributed by atoms with Gasteiger partial charge < -0.3 is 10.2 Å². The standard InChI is InChI=1S/C12H15BrN4O2/c13-9-5-11(17(18)19)12(14-6-9)15-10-7-16-3-1-8(10)2-4-16/h5-6,8,10H,1-4,7H2,(H,14,15). The lowest BCUT2D eigenvalue weighted by atomic mass is 9.84. The van der Waals surface area contributed by atoms with Crippen molar-refractivity contribution in [2.24, 2.45) is 5.92 Å². The summed E-state index contributed by atoms with van der Waals surface area (Å²) >= 11 is 3.22. The lowest BCUT2D eigenvalue weighted by molar-refractivity contribution is -0.384. The van der Waals surface area contributed by atoms with E-state index in [1.54, 1.807) is 6.20 Å². The Bertz CT molecular complexity index is 503. The van der Waals surface area contributed by atoms with Gasteiger partial charge >= 0.3 is 5.69 Å². The molecule has 4 rings (SSSR count). The molecule has 4 heterocycles. The molecule has 0 aromatic carbocycles. The minimum absolute atomic E-state index is 0.0332.